The Balaban J connectivity index is 2.70. The summed E-state index contributed by atoms with van der Waals surface area (Å²) in [6, 6.07) is 3.04. The van der Waals surface area contributed by atoms with Gasteiger partial charge in [0.25, 0.3) is 5.91 Å². The lowest BCUT2D eigenvalue weighted by Gasteiger charge is -2.22. The molecule has 1 aromatic heterocycles. The van der Waals surface area contributed by atoms with Crippen molar-refractivity contribution < 1.29 is 9.18 Å². The molecule has 0 spiro atoms. The van der Waals surface area contributed by atoms with E-state index in [1.807, 2.05) is 6.92 Å². The number of nitrogens with one attached hydrogen (secondary N) is 1. The van der Waals surface area contributed by atoms with E-state index in [0.717, 1.165) is 12.8 Å². The first-order valence-corrected chi connectivity index (χ1v) is 6.01. The van der Waals surface area contributed by atoms with Crippen LogP contribution in [0.15, 0.2) is 18.3 Å². The Morgan fingerprint density at radius 3 is 2.65 bits per heavy atom. The molecule has 0 aliphatic rings. The lowest BCUT2D eigenvalue weighted by Crippen LogP contribution is -2.38. The van der Waals surface area contributed by atoms with Crippen LogP contribution < -0.4 is 5.32 Å². The normalized spacial score (nSPS) is 12.5. The minimum atomic E-state index is -0.721. The van der Waals surface area contributed by atoms with E-state index < -0.39 is 11.9 Å². The van der Waals surface area contributed by atoms with E-state index in [9.17, 15) is 9.18 Å². The number of amides is 1. The van der Waals surface area contributed by atoms with Gasteiger partial charge in [-0.2, -0.15) is 4.39 Å². The Labute approximate surface area is 101 Å². The van der Waals surface area contributed by atoms with Gasteiger partial charge in [-0.05, 0) is 25.0 Å². The molecule has 94 valence electrons. The molecule has 0 bridgehead atoms. The van der Waals surface area contributed by atoms with Crippen LogP contribution in [0.4, 0.5) is 4.39 Å². The summed E-state index contributed by atoms with van der Waals surface area (Å²) in [4.78, 5) is 15.3. The number of pyridine rings is 1. The highest BCUT2D eigenvalue weighted by Crippen LogP contribution is 2.13. The first kappa shape index (κ1) is 13.6. The number of aromatic nitrogens is 1. The van der Waals surface area contributed by atoms with Gasteiger partial charge in [-0.3, -0.25) is 4.79 Å². The lowest BCUT2D eigenvalue weighted by molar-refractivity contribution is 0.0920. The molecule has 3 nitrogen and oxygen atoms in total. The van der Waals surface area contributed by atoms with Crippen LogP contribution in [0.1, 0.15) is 44.0 Å². The second-order valence-corrected chi connectivity index (χ2v) is 4.18. The van der Waals surface area contributed by atoms with E-state index in [2.05, 4.69) is 24.1 Å². The Hall–Kier alpha value is -1.45. The molecule has 0 aliphatic carbocycles. The van der Waals surface area contributed by atoms with Crippen LogP contribution in [0, 0.1) is 11.9 Å². The maximum absolute atomic E-state index is 13.3. The topological polar surface area (TPSA) is 42.0 Å². The average Bonchev–Trinajstić information content (AvgIpc) is 2.31. The summed E-state index contributed by atoms with van der Waals surface area (Å²) in [6.07, 6.45) is 3.32. The van der Waals surface area contributed by atoms with Crippen molar-refractivity contribution in [1.82, 2.24) is 10.3 Å². The second-order valence-electron chi connectivity index (χ2n) is 4.18. The summed E-state index contributed by atoms with van der Waals surface area (Å²) >= 11 is 0. The van der Waals surface area contributed by atoms with E-state index in [1.165, 1.54) is 12.3 Å². The van der Waals surface area contributed by atoms with Gasteiger partial charge < -0.3 is 5.32 Å². The smallest absolute Gasteiger partial charge is 0.256 e. The number of hydrogen-bond acceptors (Lipinski definition) is 2. The average molecular weight is 238 g/mol. The van der Waals surface area contributed by atoms with Crippen molar-refractivity contribution in [2.24, 2.45) is 5.92 Å². The SMILES string of the molecule is CCC(CC)C(C)NC(=O)c1cccnc1F. The van der Waals surface area contributed by atoms with Gasteiger partial charge in [0, 0.05) is 12.2 Å². The van der Waals surface area contributed by atoms with Crippen LogP contribution in [0.5, 0.6) is 0 Å². The van der Waals surface area contributed by atoms with E-state index in [1.54, 1.807) is 6.07 Å². The molecular weight excluding hydrogens is 219 g/mol. The number of carbonyl (C=O) groups excluding carboxylic acids is 1. The molecule has 0 radical (unpaired) electrons. The molecule has 4 heteroatoms. The van der Waals surface area contributed by atoms with Gasteiger partial charge in [0.1, 0.15) is 0 Å². The van der Waals surface area contributed by atoms with Crippen molar-refractivity contribution in [2.45, 2.75) is 39.7 Å². The van der Waals surface area contributed by atoms with Crippen LogP contribution >= 0.6 is 0 Å². The second kappa shape index (κ2) is 6.33. The molecule has 0 aliphatic heterocycles. The molecule has 1 atom stereocenters. The van der Waals surface area contributed by atoms with Crippen molar-refractivity contribution in [3.63, 3.8) is 0 Å². The minimum absolute atomic E-state index is 0.00491. The van der Waals surface area contributed by atoms with Crippen LogP contribution in [0.2, 0.25) is 0 Å². The number of halogens is 1. The summed E-state index contributed by atoms with van der Waals surface area (Å²) in [5.74, 6) is -0.699. The van der Waals surface area contributed by atoms with E-state index in [-0.39, 0.29) is 11.6 Å². The third-order valence-electron chi connectivity index (χ3n) is 3.12. The van der Waals surface area contributed by atoms with E-state index in [4.69, 9.17) is 0 Å². The fourth-order valence-electron chi connectivity index (χ4n) is 1.95. The Bertz CT molecular complexity index is 377. The molecule has 1 unspecified atom stereocenters. The number of nitrogens with zero attached hydrogens (tertiary/aromatic N) is 1. The van der Waals surface area contributed by atoms with Crippen molar-refractivity contribution in [3.05, 3.63) is 29.8 Å². The zero-order chi connectivity index (χ0) is 12.8. The van der Waals surface area contributed by atoms with Crippen LogP contribution in [0.25, 0.3) is 0 Å². The molecule has 0 aromatic carbocycles. The number of hydrogen-bond donors (Lipinski definition) is 1. The molecule has 1 heterocycles. The predicted molar refractivity (Wildman–Crippen MR) is 65.2 cm³/mol. The summed E-state index contributed by atoms with van der Waals surface area (Å²) in [6.45, 7) is 6.12. The zero-order valence-corrected chi connectivity index (χ0v) is 10.5. The number of rotatable bonds is 5. The highest BCUT2D eigenvalue weighted by molar-refractivity contribution is 5.94. The van der Waals surface area contributed by atoms with E-state index >= 15 is 0 Å². The Kier molecular flexibility index (Phi) is 5.07. The van der Waals surface area contributed by atoms with Crippen molar-refractivity contribution in [1.29, 1.82) is 0 Å². The van der Waals surface area contributed by atoms with Crippen molar-refractivity contribution >= 4 is 5.91 Å². The van der Waals surface area contributed by atoms with Gasteiger partial charge in [-0.15, -0.1) is 0 Å². The standard InChI is InChI=1S/C13H19FN2O/c1-4-10(5-2)9(3)16-13(17)11-7-6-8-15-12(11)14/h6-10H,4-5H2,1-3H3,(H,16,17). The quantitative estimate of drug-likeness (QED) is 0.801. The Morgan fingerprint density at radius 2 is 2.12 bits per heavy atom. The summed E-state index contributed by atoms with van der Waals surface area (Å²) in [7, 11) is 0. The predicted octanol–water partition coefficient (Wildman–Crippen LogP) is 2.78. The summed E-state index contributed by atoms with van der Waals surface area (Å²) < 4.78 is 13.3. The molecule has 1 aromatic rings. The summed E-state index contributed by atoms with van der Waals surface area (Å²) in [5, 5.41) is 2.82. The van der Waals surface area contributed by atoms with Gasteiger partial charge in [-0.1, -0.05) is 26.7 Å². The zero-order valence-electron chi connectivity index (χ0n) is 10.5. The van der Waals surface area contributed by atoms with Crippen molar-refractivity contribution in [3.8, 4) is 0 Å². The molecule has 0 saturated heterocycles. The van der Waals surface area contributed by atoms with E-state index in [0.29, 0.717) is 5.92 Å². The van der Waals surface area contributed by atoms with Gasteiger partial charge >= 0.3 is 0 Å². The van der Waals surface area contributed by atoms with Gasteiger partial charge in [0.15, 0.2) is 0 Å². The molecule has 1 rings (SSSR count). The number of carbonyl (C=O) groups is 1. The molecule has 17 heavy (non-hydrogen) atoms. The molecule has 1 N–H and O–H groups in total. The fraction of sp³-hybridized carbons (Fsp3) is 0.538. The van der Waals surface area contributed by atoms with Gasteiger partial charge in [0.2, 0.25) is 5.95 Å². The summed E-state index contributed by atoms with van der Waals surface area (Å²) in [5.41, 5.74) is 0.00491. The van der Waals surface area contributed by atoms with Crippen LogP contribution in [-0.4, -0.2) is 16.9 Å². The molecule has 0 fully saturated rings. The molecular formula is C13H19FN2O. The molecule has 1 amide bonds. The lowest BCUT2D eigenvalue weighted by atomic mass is 9.95. The monoisotopic (exact) mass is 238 g/mol. The maximum atomic E-state index is 13.3. The van der Waals surface area contributed by atoms with Crippen LogP contribution in [-0.2, 0) is 0 Å². The van der Waals surface area contributed by atoms with Gasteiger partial charge in [-0.25, -0.2) is 4.98 Å². The first-order valence-electron chi connectivity index (χ1n) is 6.01. The highest BCUT2D eigenvalue weighted by atomic mass is 19.1. The van der Waals surface area contributed by atoms with Crippen molar-refractivity contribution in [2.75, 3.05) is 0 Å². The minimum Gasteiger partial charge on any atom is -0.349 e. The first-order chi connectivity index (χ1) is 8.10. The van der Waals surface area contributed by atoms with Crippen LogP contribution in [0.3, 0.4) is 0 Å². The van der Waals surface area contributed by atoms with Gasteiger partial charge in [0.05, 0.1) is 5.56 Å². The molecule has 0 saturated carbocycles. The maximum Gasteiger partial charge on any atom is 0.256 e. The third kappa shape index (κ3) is 3.51. The fourth-order valence-corrected chi connectivity index (χ4v) is 1.95. The third-order valence-corrected chi connectivity index (χ3v) is 3.12. The highest BCUT2D eigenvalue weighted by Gasteiger charge is 2.18. The Morgan fingerprint density at radius 1 is 1.47 bits per heavy atom. The largest absolute Gasteiger partial charge is 0.349 e.